The number of rotatable bonds is 2. The maximum atomic E-state index is 12.7. The number of carboxylic acids is 1. The number of fused-ring (bicyclic) bond motifs is 2. The number of aromatic carboxylic acids is 1. The van der Waals surface area contributed by atoms with Gasteiger partial charge < -0.3 is 9.90 Å². The van der Waals surface area contributed by atoms with E-state index in [9.17, 15) is 19.5 Å². The van der Waals surface area contributed by atoms with Gasteiger partial charge in [0.15, 0.2) is 0 Å². The van der Waals surface area contributed by atoms with Gasteiger partial charge in [0.1, 0.15) is 0 Å². The predicted octanol–water partition coefficient (Wildman–Crippen LogP) is 1.40. The maximum Gasteiger partial charge on any atom is 0.266 e. The Hall–Kier alpha value is -3.54. The highest BCUT2D eigenvalue weighted by molar-refractivity contribution is 6.36. The summed E-state index contributed by atoms with van der Waals surface area (Å²) in [7, 11) is 0. The molecule has 116 valence electrons. The van der Waals surface area contributed by atoms with Crippen LogP contribution in [0.25, 0.3) is 10.9 Å². The Bertz CT molecular complexity index is 1040. The van der Waals surface area contributed by atoms with Crippen LogP contribution in [0.5, 0.6) is 0 Å². The van der Waals surface area contributed by atoms with Gasteiger partial charge in [-0.15, -0.1) is 0 Å². The molecule has 0 N–H and O–H groups in total. The Balaban J connectivity index is 1.90. The zero-order valence-corrected chi connectivity index (χ0v) is 12.2. The lowest BCUT2D eigenvalue weighted by atomic mass is 10.1. The fourth-order valence-corrected chi connectivity index (χ4v) is 2.86. The third kappa shape index (κ3) is 1.90. The van der Waals surface area contributed by atoms with Crippen LogP contribution in [0.4, 0.5) is 5.69 Å². The second kappa shape index (κ2) is 4.99. The number of benzene rings is 2. The molecule has 0 saturated heterocycles. The van der Waals surface area contributed by atoms with Gasteiger partial charge in [0.2, 0.25) is 0 Å². The zero-order valence-electron chi connectivity index (χ0n) is 12.2. The molecule has 0 unspecified atom stereocenters. The average molecular weight is 317 g/mol. The predicted molar refractivity (Wildman–Crippen MR) is 83.7 cm³/mol. The van der Waals surface area contributed by atoms with Crippen molar-refractivity contribution in [3.63, 3.8) is 0 Å². The van der Waals surface area contributed by atoms with Crippen LogP contribution >= 0.6 is 0 Å². The SMILES string of the molecule is O=C([O-])c1ccc2c(c1)C(=O)N(c1cccc3cccnc13)C2=O. The Kier molecular flexibility index (Phi) is 2.93. The van der Waals surface area contributed by atoms with Crippen LogP contribution < -0.4 is 10.0 Å². The first-order chi connectivity index (χ1) is 11.6. The van der Waals surface area contributed by atoms with Crippen LogP contribution in [-0.2, 0) is 0 Å². The van der Waals surface area contributed by atoms with Crippen molar-refractivity contribution in [2.45, 2.75) is 0 Å². The summed E-state index contributed by atoms with van der Waals surface area (Å²) in [5.41, 5.74) is 0.962. The Labute approximate surface area is 136 Å². The first kappa shape index (κ1) is 14.1. The van der Waals surface area contributed by atoms with Crippen LogP contribution in [0.2, 0.25) is 0 Å². The topological polar surface area (TPSA) is 90.4 Å². The third-order valence-corrected chi connectivity index (χ3v) is 3.97. The maximum absolute atomic E-state index is 12.7. The van der Waals surface area contributed by atoms with Crippen molar-refractivity contribution in [1.82, 2.24) is 4.98 Å². The molecular formula is C18H9N2O4-. The molecule has 2 aromatic carbocycles. The number of amides is 2. The number of carbonyl (C=O) groups excluding carboxylic acids is 3. The van der Waals surface area contributed by atoms with E-state index >= 15 is 0 Å². The third-order valence-electron chi connectivity index (χ3n) is 3.97. The van der Waals surface area contributed by atoms with Crippen molar-refractivity contribution in [3.05, 3.63) is 71.4 Å². The number of carboxylic acid groups (broad SMARTS) is 1. The van der Waals surface area contributed by atoms with Gasteiger partial charge in [-0.25, -0.2) is 4.90 Å². The highest BCUT2D eigenvalue weighted by Crippen LogP contribution is 2.32. The first-order valence-corrected chi connectivity index (χ1v) is 7.16. The molecule has 0 saturated carbocycles. The van der Waals surface area contributed by atoms with E-state index in [1.54, 1.807) is 24.4 Å². The molecule has 4 rings (SSSR count). The second-order valence-corrected chi connectivity index (χ2v) is 5.35. The number of hydrogen-bond acceptors (Lipinski definition) is 5. The molecule has 0 bridgehead atoms. The summed E-state index contributed by atoms with van der Waals surface area (Å²) in [4.78, 5) is 41.6. The summed E-state index contributed by atoms with van der Waals surface area (Å²) in [5.74, 6) is -2.47. The van der Waals surface area contributed by atoms with E-state index in [4.69, 9.17) is 0 Å². The molecule has 6 heteroatoms. The summed E-state index contributed by atoms with van der Waals surface area (Å²) < 4.78 is 0. The minimum absolute atomic E-state index is 0.0506. The van der Waals surface area contributed by atoms with Gasteiger partial charge in [0.05, 0.1) is 28.3 Å². The second-order valence-electron chi connectivity index (χ2n) is 5.35. The van der Waals surface area contributed by atoms with E-state index in [0.717, 1.165) is 10.3 Å². The normalized spacial score (nSPS) is 13.4. The Morgan fingerprint density at radius 3 is 2.50 bits per heavy atom. The molecule has 6 nitrogen and oxygen atoms in total. The number of pyridine rings is 1. The van der Waals surface area contributed by atoms with Gasteiger partial charge in [-0.05, 0) is 29.8 Å². The largest absolute Gasteiger partial charge is 0.545 e. The lowest BCUT2D eigenvalue weighted by molar-refractivity contribution is -0.255. The van der Waals surface area contributed by atoms with Crippen molar-refractivity contribution in [2.75, 3.05) is 4.90 Å². The molecule has 1 aliphatic rings. The molecule has 0 spiro atoms. The van der Waals surface area contributed by atoms with E-state index in [1.807, 2.05) is 12.1 Å². The standard InChI is InChI=1S/C18H10N2O4/c21-16-12-7-6-11(18(23)24)9-13(12)17(22)20(16)14-5-1-3-10-4-2-8-19-15(10)14/h1-9H,(H,23,24)/p-1. The lowest BCUT2D eigenvalue weighted by Gasteiger charge is -2.15. The summed E-state index contributed by atoms with van der Waals surface area (Å²) in [6.45, 7) is 0. The monoisotopic (exact) mass is 317 g/mol. The molecular weight excluding hydrogens is 308 g/mol. The fourth-order valence-electron chi connectivity index (χ4n) is 2.86. The van der Waals surface area contributed by atoms with Gasteiger partial charge in [-0.2, -0.15) is 0 Å². The average Bonchev–Trinajstić information content (AvgIpc) is 2.85. The van der Waals surface area contributed by atoms with E-state index < -0.39 is 17.8 Å². The Morgan fingerprint density at radius 2 is 1.71 bits per heavy atom. The van der Waals surface area contributed by atoms with E-state index in [2.05, 4.69) is 4.98 Å². The minimum Gasteiger partial charge on any atom is -0.545 e. The Morgan fingerprint density at radius 1 is 0.958 bits per heavy atom. The van der Waals surface area contributed by atoms with Crippen LogP contribution in [0.1, 0.15) is 31.1 Å². The van der Waals surface area contributed by atoms with Crippen LogP contribution in [-0.4, -0.2) is 22.8 Å². The van der Waals surface area contributed by atoms with Crippen molar-refractivity contribution in [1.29, 1.82) is 0 Å². The molecule has 1 aliphatic heterocycles. The highest BCUT2D eigenvalue weighted by Gasteiger charge is 2.37. The number of hydrogen-bond donors (Lipinski definition) is 0. The quantitative estimate of drug-likeness (QED) is 0.666. The number of anilines is 1. The van der Waals surface area contributed by atoms with Gasteiger partial charge in [-0.3, -0.25) is 14.6 Å². The van der Waals surface area contributed by atoms with Crippen LogP contribution in [0.15, 0.2) is 54.7 Å². The minimum atomic E-state index is -1.40. The zero-order chi connectivity index (χ0) is 16.8. The highest BCUT2D eigenvalue weighted by atomic mass is 16.4. The summed E-state index contributed by atoms with van der Waals surface area (Å²) >= 11 is 0. The molecule has 2 amide bonds. The number of nitrogens with zero attached hydrogens (tertiary/aromatic N) is 2. The van der Waals surface area contributed by atoms with Gasteiger partial charge in [-0.1, -0.05) is 24.3 Å². The molecule has 0 aliphatic carbocycles. The van der Waals surface area contributed by atoms with Gasteiger partial charge >= 0.3 is 0 Å². The molecule has 24 heavy (non-hydrogen) atoms. The van der Waals surface area contributed by atoms with Gasteiger partial charge in [0.25, 0.3) is 11.8 Å². The van der Waals surface area contributed by atoms with E-state index in [0.29, 0.717) is 11.2 Å². The van der Waals surface area contributed by atoms with Crippen LogP contribution in [0.3, 0.4) is 0 Å². The van der Waals surface area contributed by atoms with Crippen molar-refractivity contribution in [2.24, 2.45) is 0 Å². The molecule has 3 aromatic rings. The van der Waals surface area contributed by atoms with Crippen molar-refractivity contribution >= 4 is 34.4 Å². The van der Waals surface area contributed by atoms with Crippen molar-refractivity contribution in [3.8, 4) is 0 Å². The van der Waals surface area contributed by atoms with Crippen molar-refractivity contribution < 1.29 is 19.5 Å². The van der Waals surface area contributed by atoms with Gasteiger partial charge in [0, 0.05) is 11.6 Å². The molecule has 0 atom stereocenters. The summed E-state index contributed by atoms with van der Waals surface area (Å²) in [6.07, 6.45) is 1.58. The summed E-state index contributed by atoms with van der Waals surface area (Å²) in [5, 5.41) is 11.8. The summed E-state index contributed by atoms with van der Waals surface area (Å²) in [6, 6.07) is 12.6. The number of para-hydroxylation sites is 1. The van der Waals surface area contributed by atoms with E-state index in [1.165, 1.54) is 18.2 Å². The smallest absolute Gasteiger partial charge is 0.266 e. The molecule has 1 aromatic heterocycles. The lowest BCUT2D eigenvalue weighted by Crippen LogP contribution is -2.29. The fraction of sp³-hybridized carbons (Fsp3) is 0. The van der Waals surface area contributed by atoms with Crippen LogP contribution in [0, 0.1) is 0 Å². The number of carbonyl (C=O) groups is 3. The molecule has 0 fully saturated rings. The number of imide groups is 1. The molecule has 0 radical (unpaired) electrons. The molecule has 2 heterocycles. The first-order valence-electron chi connectivity index (χ1n) is 7.16. The number of aromatic nitrogens is 1. The van der Waals surface area contributed by atoms with E-state index in [-0.39, 0.29) is 16.7 Å².